The minimum atomic E-state index is -0.559. The molecule has 0 bridgehead atoms. The van der Waals surface area contributed by atoms with Gasteiger partial charge in [0, 0.05) is 62.4 Å². The predicted octanol–water partition coefficient (Wildman–Crippen LogP) is 7.12. The molecule has 400 valence electrons. The van der Waals surface area contributed by atoms with Crippen molar-refractivity contribution in [3.05, 3.63) is 97.3 Å². The van der Waals surface area contributed by atoms with E-state index in [1.807, 2.05) is 0 Å². The molecule has 5 N–H and O–H groups in total. The minimum absolute atomic E-state index is 0.00644. The van der Waals surface area contributed by atoms with E-state index in [4.69, 9.17) is 17.3 Å². The Balaban J connectivity index is 0.000000142. The van der Waals surface area contributed by atoms with Crippen molar-refractivity contribution in [1.82, 2.24) is 69.3 Å². The molecule has 4 unspecified atom stereocenters. The molecular weight excluding hydrogens is 996 g/mol. The van der Waals surface area contributed by atoms with E-state index >= 15 is 4.39 Å². The number of piperidine rings is 2. The van der Waals surface area contributed by atoms with Gasteiger partial charge in [-0.3, -0.25) is 9.80 Å². The van der Waals surface area contributed by atoms with Crippen LogP contribution in [0.2, 0.25) is 5.28 Å². The molecule has 0 amide bonds. The van der Waals surface area contributed by atoms with Crippen molar-refractivity contribution in [3.8, 4) is 11.4 Å². The molecule has 8 heterocycles. The minimum Gasteiger partial charge on any atom is -0.396 e. The van der Waals surface area contributed by atoms with Crippen LogP contribution in [0.4, 0.5) is 46.5 Å². The van der Waals surface area contributed by atoms with Crippen molar-refractivity contribution in [2.45, 2.75) is 152 Å². The zero-order valence-electron chi connectivity index (χ0n) is 42.9. The largest absolute Gasteiger partial charge is 0.396 e. The lowest BCUT2D eigenvalue weighted by Crippen LogP contribution is -2.50. The molecule has 75 heavy (non-hydrogen) atoms. The molecule has 20 nitrogen and oxygen atoms in total. The van der Waals surface area contributed by atoms with Gasteiger partial charge in [0.2, 0.25) is 11.2 Å². The maximum Gasteiger partial charge on any atom is 0.368 e. The summed E-state index contributed by atoms with van der Waals surface area (Å²) in [5, 5.41) is 24.5. The highest BCUT2D eigenvalue weighted by molar-refractivity contribution is 6.28. The van der Waals surface area contributed by atoms with Crippen LogP contribution in [-0.4, -0.2) is 118 Å². The van der Waals surface area contributed by atoms with Gasteiger partial charge in [-0.25, -0.2) is 37.1 Å². The summed E-state index contributed by atoms with van der Waals surface area (Å²) in [6, 6.07) is 7.18. The molecule has 2 aliphatic carbocycles. The van der Waals surface area contributed by atoms with E-state index in [1.54, 1.807) is 0 Å². The summed E-state index contributed by atoms with van der Waals surface area (Å²) in [7, 11) is 3.01. The first kappa shape index (κ1) is 51.9. The number of hydrogen-bond donors (Lipinski definition) is 4. The number of rotatable bonds is 10. The number of nitrogens with one attached hydrogen (secondary N) is 3. The van der Waals surface area contributed by atoms with Gasteiger partial charge < -0.3 is 21.7 Å². The topological polar surface area (TPSA) is 226 Å². The van der Waals surface area contributed by atoms with Crippen molar-refractivity contribution in [1.29, 1.82) is 0 Å². The summed E-state index contributed by atoms with van der Waals surface area (Å²) in [6.45, 7) is 11.2. The molecule has 2 aromatic carbocycles. The van der Waals surface area contributed by atoms with Gasteiger partial charge in [-0.1, -0.05) is 0 Å². The molecule has 0 radical (unpaired) electrons. The van der Waals surface area contributed by atoms with Crippen LogP contribution in [0.3, 0.4) is 0 Å². The molecule has 4 aromatic heterocycles. The van der Waals surface area contributed by atoms with Crippen molar-refractivity contribution in [3.63, 3.8) is 0 Å². The Labute approximate surface area is 435 Å². The first-order chi connectivity index (χ1) is 35.7. The van der Waals surface area contributed by atoms with E-state index in [-0.39, 0.29) is 69.4 Å². The smallest absolute Gasteiger partial charge is 0.368 e. The molecule has 2 saturated carbocycles. The SMILES string of the molecule is CC1(C)CCC2CC(Nc3nc(Cl)ncc3F)CCN21.Cn1nnn(-c2cc(N)c(F)cc2C2CC2)c1=O.Cn1nnn(-c2cc(Nc3ncc(F)c(NC4CCN5C(CCC5(C)C)C4)n3)c(F)cc2C2CC2)c1=O. The highest BCUT2D eigenvalue weighted by atomic mass is 35.5. The number of nitrogens with two attached hydrogens (primary N) is 1. The zero-order valence-corrected chi connectivity index (χ0v) is 43.6. The van der Waals surface area contributed by atoms with Crippen molar-refractivity contribution in [2.75, 3.05) is 34.8 Å². The maximum atomic E-state index is 15.1. The van der Waals surface area contributed by atoms with Crippen LogP contribution < -0.4 is 33.1 Å². The van der Waals surface area contributed by atoms with Crippen LogP contribution in [0.15, 0.2) is 46.2 Å². The summed E-state index contributed by atoms with van der Waals surface area (Å²) in [5.41, 5.74) is 7.79. The molecule has 4 saturated heterocycles. The Morgan fingerprint density at radius 2 is 1.09 bits per heavy atom. The predicted molar refractivity (Wildman–Crippen MR) is 275 cm³/mol. The molecule has 4 aliphatic heterocycles. The van der Waals surface area contributed by atoms with Gasteiger partial charge in [0.05, 0.1) is 35.1 Å². The fourth-order valence-electron chi connectivity index (χ4n) is 11.3. The number of aryl methyl sites for hydroxylation is 2. The highest BCUT2D eigenvalue weighted by Gasteiger charge is 2.44. The summed E-state index contributed by atoms with van der Waals surface area (Å²) < 4.78 is 61.5. The van der Waals surface area contributed by atoms with Gasteiger partial charge in [0.1, 0.15) is 11.6 Å². The summed E-state index contributed by atoms with van der Waals surface area (Å²) >= 11 is 5.72. The molecular formula is C50H63ClF4N18O2. The number of nitrogen functional groups attached to an aromatic ring is 1. The summed E-state index contributed by atoms with van der Waals surface area (Å²) in [5.74, 6) is -1.15. The van der Waals surface area contributed by atoms with Gasteiger partial charge in [0.25, 0.3) is 0 Å². The molecule has 6 fully saturated rings. The average Bonchev–Trinajstić information content (AvgIpc) is 4.30. The van der Waals surface area contributed by atoms with Gasteiger partial charge in [-0.15, -0.1) is 0 Å². The standard InChI is InChI=1S/C25H31F2N9O.C14H20ClFN4.C11H12FN5O/c1-25(2)8-6-16-10-15(7-9-35(16)25)29-22-19(27)13-28-23(31-22)30-20-12-21(36-24(37)34(3)32-33-36)17(11-18(20)26)14-4-5-14;1-14(2)5-3-10-7-9(4-6-20(10)14)18-12-11(16)8-17-13(15)19-12;1-16-11(18)17(15-14-16)10-5-9(13)8(12)4-7(10)6-2-3-6/h11-16H,4-10H2,1-3H3,(H2,28,29,30,31);8-10H,3-7H2,1-2H3,(H,17,18,19);4-6H,2-3,13H2,1H3. The Kier molecular flexibility index (Phi) is 14.2. The van der Waals surface area contributed by atoms with Crippen molar-refractivity contribution < 1.29 is 17.6 Å². The highest BCUT2D eigenvalue weighted by Crippen LogP contribution is 2.45. The lowest BCUT2D eigenvalue weighted by molar-refractivity contribution is 0.0918. The number of fused-ring (bicyclic) bond motifs is 2. The second-order valence-electron chi connectivity index (χ2n) is 21.9. The van der Waals surface area contributed by atoms with E-state index < -0.39 is 29.0 Å². The first-order valence-electron chi connectivity index (χ1n) is 25.7. The number of nitrogens with zero attached hydrogens (tertiary/aromatic N) is 14. The van der Waals surface area contributed by atoms with Crippen molar-refractivity contribution in [2.24, 2.45) is 14.1 Å². The molecule has 25 heteroatoms. The van der Waals surface area contributed by atoms with Gasteiger partial charge >= 0.3 is 11.4 Å². The number of hydrogen-bond acceptors (Lipinski definition) is 16. The fourth-order valence-corrected chi connectivity index (χ4v) is 11.5. The summed E-state index contributed by atoms with van der Waals surface area (Å²) in [6.07, 6.45) is 14.6. The maximum absolute atomic E-state index is 15.1. The monoisotopic (exact) mass is 1060 g/mol. The second kappa shape index (κ2) is 20.5. The van der Waals surface area contributed by atoms with Crippen LogP contribution in [0, 0.1) is 23.3 Å². The number of anilines is 5. The lowest BCUT2D eigenvalue weighted by atomic mass is 9.97. The van der Waals surface area contributed by atoms with Gasteiger partial charge in [-0.2, -0.15) is 28.7 Å². The Morgan fingerprint density at radius 3 is 1.59 bits per heavy atom. The zero-order chi connectivity index (χ0) is 53.1. The summed E-state index contributed by atoms with van der Waals surface area (Å²) in [4.78, 5) is 45.4. The van der Waals surface area contributed by atoms with Crippen LogP contribution in [-0.2, 0) is 14.1 Å². The Bertz CT molecular complexity index is 3210. The van der Waals surface area contributed by atoms with E-state index in [1.165, 1.54) is 51.2 Å². The molecule has 0 spiro atoms. The van der Waals surface area contributed by atoms with Crippen LogP contribution in [0.1, 0.15) is 128 Å². The number of halogens is 5. The number of benzene rings is 2. The van der Waals surface area contributed by atoms with Gasteiger partial charge in [0.15, 0.2) is 23.3 Å². The Hall–Kier alpha value is -6.53. The molecule has 4 atom stereocenters. The molecule has 12 rings (SSSR count). The molecule has 6 aromatic rings. The van der Waals surface area contributed by atoms with E-state index in [2.05, 4.69) is 94.2 Å². The number of aromatic nitrogens is 12. The lowest BCUT2D eigenvalue weighted by Gasteiger charge is -2.42. The van der Waals surface area contributed by atoms with E-state index in [9.17, 15) is 22.8 Å². The normalized spacial score (nSPS) is 22.8. The van der Waals surface area contributed by atoms with Crippen molar-refractivity contribution >= 4 is 40.6 Å². The van der Waals surface area contributed by atoms with E-state index in [0.29, 0.717) is 34.6 Å². The van der Waals surface area contributed by atoms with Gasteiger partial charge in [-0.05, 0) is 184 Å². The molecule has 6 aliphatic rings. The third-order valence-electron chi connectivity index (χ3n) is 15.7. The quantitative estimate of drug-likeness (QED) is 0.0609. The number of tetrazole rings is 2. The average molecular weight is 1060 g/mol. The second-order valence-corrected chi connectivity index (χ2v) is 22.3. The fraction of sp³-hybridized carbons (Fsp3) is 0.560. The first-order valence-corrected chi connectivity index (χ1v) is 26.1. The van der Waals surface area contributed by atoms with Crippen LogP contribution in [0.25, 0.3) is 11.4 Å². The van der Waals surface area contributed by atoms with E-state index in [0.717, 1.165) is 114 Å². The van der Waals surface area contributed by atoms with Crippen LogP contribution in [0.5, 0.6) is 0 Å². The Morgan fingerprint density at radius 1 is 0.613 bits per heavy atom. The van der Waals surface area contributed by atoms with Crippen LogP contribution >= 0.6 is 11.6 Å². The third kappa shape index (κ3) is 11.1. The third-order valence-corrected chi connectivity index (χ3v) is 15.9.